The zero-order chi connectivity index (χ0) is 12.7. The summed E-state index contributed by atoms with van der Waals surface area (Å²) in [5.74, 6) is 0. The maximum Gasteiger partial charge on any atom is 0.0551 e. The van der Waals surface area contributed by atoms with Crippen molar-refractivity contribution in [2.24, 2.45) is 0 Å². The van der Waals surface area contributed by atoms with Gasteiger partial charge in [-0.15, -0.1) is 0 Å². The van der Waals surface area contributed by atoms with Gasteiger partial charge in [-0.2, -0.15) is 0 Å². The first-order valence-corrected chi connectivity index (χ1v) is 7.48. The van der Waals surface area contributed by atoms with Gasteiger partial charge in [0, 0.05) is 10.5 Å². The van der Waals surface area contributed by atoms with Gasteiger partial charge in [-0.3, -0.25) is 0 Å². The number of rotatable bonds is 7. The smallest absolute Gasteiger partial charge is 0.0551 e. The summed E-state index contributed by atoms with van der Waals surface area (Å²) in [5.41, 5.74) is 1.28. The summed E-state index contributed by atoms with van der Waals surface area (Å²) in [6, 6.07) is 6.62. The van der Waals surface area contributed by atoms with Crippen molar-refractivity contribution < 1.29 is 0 Å². The van der Waals surface area contributed by atoms with E-state index in [1.165, 1.54) is 37.7 Å². The number of hydrogen-bond donors (Lipinski definition) is 1. The molecular formula is C14H21BrClN. The topological polar surface area (TPSA) is 12.0 Å². The van der Waals surface area contributed by atoms with Crippen LogP contribution in [0.4, 0.5) is 0 Å². The fraction of sp³-hybridized carbons (Fsp3) is 0.571. The van der Waals surface area contributed by atoms with Crippen LogP contribution in [0.25, 0.3) is 0 Å². The summed E-state index contributed by atoms with van der Waals surface area (Å²) >= 11 is 9.55. The minimum atomic E-state index is 0.414. The van der Waals surface area contributed by atoms with Crippen LogP contribution in [-0.2, 0) is 0 Å². The van der Waals surface area contributed by atoms with E-state index in [4.69, 9.17) is 11.6 Å². The molecular weight excluding hydrogens is 298 g/mol. The molecule has 0 bridgehead atoms. The van der Waals surface area contributed by atoms with Gasteiger partial charge in [-0.1, -0.05) is 50.3 Å². The lowest BCUT2D eigenvalue weighted by molar-refractivity contribution is 0.505. The molecule has 0 fully saturated rings. The van der Waals surface area contributed by atoms with Gasteiger partial charge in [-0.05, 0) is 47.1 Å². The Kier molecular flexibility index (Phi) is 7.17. The van der Waals surface area contributed by atoms with Crippen molar-refractivity contribution in [3.8, 4) is 0 Å². The Morgan fingerprint density at radius 3 is 2.65 bits per heavy atom. The van der Waals surface area contributed by atoms with E-state index in [-0.39, 0.29) is 0 Å². The molecule has 0 amide bonds. The van der Waals surface area contributed by atoms with Crippen LogP contribution in [0.5, 0.6) is 0 Å². The average molecular weight is 319 g/mol. The van der Waals surface area contributed by atoms with Gasteiger partial charge in [0.25, 0.3) is 0 Å². The molecule has 1 rings (SSSR count). The van der Waals surface area contributed by atoms with Crippen molar-refractivity contribution in [3.05, 3.63) is 33.3 Å². The molecule has 0 saturated heterocycles. The Morgan fingerprint density at radius 1 is 1.29 bits per heavy atom. The second kappa shape index (κ2) is 8.12. The third-order valence-electron chi connectivity index (χ3n) is 3.04. The van der Waals surface area contributed by atoms with E-state index in [2.05, 4.69) is 34.2 Å². The van der Waals surface area contributed by atoms with Crippen LogP contribution in [0.3, 0.4) is 0 Å². The van der Waals surface area contributed by atoms with Crippen molar-refractivity contribution in [1.82, 2.24) is 5.32 Å². The average Bonchev–Trinajstić information content (AvgIpc) is 2.33. The normalized spacial score (nSPS) is 12.7. The summed E-state index contributed by atoms with van der Waals surface area (Å²) in [5, 5.41) is 4.16. The summed E-state index contributed by atoms with van der Waals surface area (Å²) in [4.78, 5) is 0. The molecule has 0 saturated carbocycles. The molecule has 0 aliphatic rings. The van der Waals surface area contributed by atoms with Crippen LogP contribution in [0.1, 0.15) is 50.6 Å². The van der Waals surface area contributed by atoms with Gasteiger partial charge in [0.05, 0.1) is 5.02 Å². The number of hydrogen-bond acceptors (Lipinski definition) is 1. The second-order valence-corrected chi connectivity index (χ2v) is 5.63. The highest BCUT2D eigenvalue weighted by Crippen LogP contribution is 2.28. The number of benzene rings is 1. The highest BCUT2D eigenvalue weighted by Gasteiger charge is 2.10. The zero-order valence-corrected chi connectivity index (χ0v) is 12.9. The first kappa shape index (κ1) is 15.0. The van der Waals surface area contributed by atoms with Gasteiger partial charge in [0.15, 0.2) is 0 Å². The van der Waals surface area contributed by atoms with Crippen molar-refractivity contribution >= 4 is 27.5 Å². The Hall–Kier alpha value is -0.0500. The van der Waals surface area contributed by atoms with Crippen LogP contribution in [-0.4, -0.2) is 7.05 Å². The molecule has 1 nitrogen and oxygen atoms in total. The highest BCUT2D eigenvalue weighted by atomic mass is 79.9. The van der Waals surface area contributed by atoms with Gasteiger partial charge in [0.1, 0.15) is 0 Å². The first-order valence-electron chi connectivity index (χ1n) is 6.31. The van der Waals surface area contributed by atoms with Crippen LogP contribution < -0.4 is 5.32 Å². The highest BCUT2D eigenvalue weighted by molar-refractivity contribution is 9.10. The summed E-state index contributed by atoms with van der Waals surface area (Å²) in [6.45, 7) is 2.24. The third kappa shape index (κ3) is 4.99. The SMILES string of the molecule is CCCCCCC(NC)c1ccc(Br)c(Cl)c1. The van der Waals surface area contributed by atoms with E-state index in [1.807, 2.05) is 19.2 Å². The summed E-state index contributed by atoms with van der Waals surface area (Å²) < 4.78 is 0.962. The van der Waals surface area contributed by atoms with Crippen molar-refractivity contribution in [2.75, 3.05) is 7.05 Å². The minimum absolute atomic E-state index is 0.414. The largest absolute Gasteiger partial charge is 0.313 e. The molecule has 1 aromatic carbocycles. The number of nitrogens with one attached hydrogen (secondary N) is 1. The van der Waals surface area contributed by atoms with Gasteiger partial charge < -0.3 is 5.32 Å². The predicted molar refractivity (Wildman–Crippen MR) is 79.7 cm³/mol. The van der Waals surface area contributed by atoms with Gasteiger partial charge in [0.2, 0.25) is 0 Å². The van der Waals surface area contributed by atoms with E-state index in [1.54, 1.807) is 0 Å². The molecule has 0 aliphatic heterocycles. The van der Waals surface area contributed by atoms with Crippen LogP contribution in [0, 0.1) is 0 Å². The zero-order valence-electron chi connectivity index (χ0n) is 10.6. The fourth-order valence-electron chi connectivity index (χ4n) is 1.98. The lowest BCUT2D eigenvalue weighted by atomic mass is 10.0. The van der Waals surface area contributed by atoms with Crippen molar-refractivity contribution in [1.29, 1.82) is 0 Å². The van der Waals surface area contributed by atoms with Crippen LogP contribution >= 0.6 is 27.5 Å². The molecule has 3 heteroatoms. The fourth-order valence-corrected chi connectivity index (χ4v) is 2.42. The predicted octanol–water partition coefficient (Wildman–Crippen LogP) is 5.33. The molecule has 96 valence electrons. The Labute approximate surface area is 118 Å². The van der Waals surface area contributed by atoms with E-state index < -0.39 is 0 Å². The minimum Gasteiger partial charge on any atom is -0.313 e. The molecule has 17 heavy (non-hydrogen) atoms. The lowest BCUT2D eigenvalue weighted by Gasteiger charge is -2.17. The van der Waals surface area contributed by atoms with E-state index in [9.17, 15) is 0 Å². The Balaban J connectivity index is 2.56. The molecule has 0 heterocycles. The van der Waals surface area contributed by atoms with Crippen LogP contribution in [0.2, 0.25) is 5.02 Å². The third-order valence-corrected chi connectivity index (χ3v) is 4.27. The standard InChI is InChI=1S/C14H21BrClN/c1-3-4-5-6-7-14(17-2)11-8-9-12(15)13(16)10-11/h8-10,14,17H,3-7H2,1-2H3. The quantitative estimate of drug-likeness (QED) is 0.670. The molecule has 0 aliphatic carbocycles. The first-order chi connectivity index (χ1) is 8.19. The second-order valence-electron chi connectivity index (χ2n) is 4.36. The lowest BCUT2D eigenvalue weighted by Crippen LogP contribution is -2.16. The molecule has 0 radical (unpaired) electrons. The molecule has 1 aromatic rings. The number of unbranched alkanes of at least 4 members (excludes halogenated alkanes) is 3. The van der Waals surface area contributed by atoms with Crippen LogP contribution in [0.15, 0.2) is 22.7 Å². The molecule has 0 aromatic heterocycles. The Morgan fingerprint density at radius 2 is 2.06 bits per heavy atom. The molecule has 1 atom stereocenters. The van der Waals surface area contributed by atoms with Crippen molar-refractivity contribution in [3.63, 3.8) is 0 Å². The summed E-state index contributed by atoms with van der Waals surface area (Å²) in [7, 11) is 2.01. The Bertz CT molecular complexity index is 341. The maximum absolute atomic E-state index is 6.12. The van der Waals surface area contributed by atoms with Gasteiger partial charge >= 0.3 is 0 Å². The summed E-state index contributed by atoms with van der Waals surface area (Å²) in [6.07, 6.45) is 6.38. The maximum atomic E-state index is 6.12. The molecule has 1 N–H and O–H groups in total. The monoisotopic (exact) mass is 317 g/mol. The molecule has 1 unspecified atom stereocenters. The van der Waals surface area contributed by atoms with E-state index in [0.29, 0.717) is 6.04 Å². The molecule has 0 spiro atoms. The van der Waals surface area contributed by atoms with Gasteiger partial charge in [-0.25, -0.2) is 0 Å². The van der Waals surface area contributed by atoms with E-state index >= 15 is 0 Å². The van der Waals surface area contributed by atoms with Crippen molar-refractivity contribution in [2.45, 2.75) is 45.1 Å². The van der Waals surface area contributed by atoms with E-state index in [0.717, 1.165) is 9.50 Å². The number of halogens is 2.